The molecule has 0 aromatic heterocycles. The van der Waals surface area contributed by atoms with Gasteiger partial charge in [0.05, 0.1) is 19.4 Å². The van der Waals surface area contributed by atoms with Crippen LogP contribution in [-0.4, -0.2) is 48.7 Å². The molecular weight excluding hydrogens is 272 g/mol. The highest BCUT2D eigenvalue weighted by atomic mass is 19.3. The third-order valence-electron chi connectivity index (χ3n) is 3.05. The molecule has 0 aromatic carbocycles. The van der Waals surface area contributed by atoms with E-state index in [0.717, 1.165) is 7.11 Å². The number of hydrogen-bond acceptors (Lipinski definition) is 4. The molecule has 7 heteroatoms. The predicted molar refractivity (Wildman–Crippen MR) is 67.5 cm³/mol. The number of nitrogens with zero attached hydrogens (tertiary/aromatic N) is 1. The lowest BCUT2D eigenvalue weighted by molar-refractivity contribution is -0.151. The molecule has 1 amide bonds. The van der Waals surface area contributed by atoms with Crippen LogP contribution in [0.25, 0.3) is 0 Å². The first-order valence-corrected chi connectivity index (χ1v) is 6.48. The van der Waals surface area contributed by atoms with Gasteiger partial charge >= 0.3 is 12.1 Å². The molecule has 1 saturated heterocycles. The molecule has 20 heavy (non-hydrogen) atoms. The molecule has 0 saturated carbocycles. The average molecular weight is 293 g/mol. The summed E-state index contributed by atoms with van der Waals surface area (Å²) >= 11 is 0. The van der Waals surface area contributed by atoms with Gasteiger partial charge in [-0.15, -0.1) is 0 Å². The van der Waals surface area contributed by atoms with Crippen molar-refractivity contribution in [2.45, 2.75) is 45.1 Å². The third kappa shape index (κ3) is 4.61. The number of hydrogen-bond donors (Lipinski definition) is 0. The monoisotopic (exact) mass is 293 g/mol. The highest BCUT2D eigenvalue weighted by Gasteiger charge is 2.46. The van der Waals surface area contributed by atoms with Gasteiger partial charge in [0.2, 0.25) is 0 Å². The first-order chi connectivity index (χ1) is 9.05. The molecule has 0 spiro atoms. The molecule has 0 aromatic rings. The van der Waals surface area contributed by atoms with Crippen LogP contribution in [0.4, 0.5) is 13.6 Å². The van der Waals surface area contributed by atoms with Crippen molar-refractivity contribution < 1.29 is 27.8 Å². The van der Waals surface area contributed by atoms with Gasteiger partial charge < -0.3 is 14.4 Å². The SMILES string of the molecule is COC(=O)CC1CN(C(=O)OC(C)(C)C)CCC1(F)F. The van der Waals surface area contributed by atoms with E-state index in [4.69, 9.17) is 4.74 Å². The number of rotatable bonds is 2. The van der Waals surface area contributed by atoms with Gasteiger partial charge in [0, 0.05) is 19.5 Å². The molecule has 0 N–H and O–H groups in total. The van der Waals surface area contributed by atoms with Crippen molar-refractivity contribution in [1.82, 2.24) is 4.90 Å². The largest absolute Gasteiger partial charge is 0.469 e. The lowest BCUT2D eigenvalue weighted by Gasteiger charge is -2.38. The van der Waals surface area contributed by atoms with Crippen LogP contribution in [0.5, 0.6) is 0 Å². The van der Waals surface area contributed by atoms with E-state index in [9.17, 15) is 18.4 Å². The van der Waals surface area contributed by atoms with Crippen LogP contribution in [0.3, 0.4) is 0 Å². The van der Waals surface area contributed by atoms with Crippen molar-refractivity contribution in [3.63, 3.8) is 0 Å². The lowest BCUT2D eigenvalue weighted by atomic mass is 9.91. The Bertz CT molecular complexity index is 379. The summed E-state index contributed by atoms with van der Waals surface area (Å²) in [7, 11) is 1.15. The first-order valence-electron chi connectivity index (χ1n) is 6.48. The van der Waals surface area contributed by atoms with Gasteiger partial charge in [-0.25, -0.2) is 13.6 Å². The fourth-order valence-corrected chi connectivity index (χ4v) is 1.97. The van der Waals surface area contributed by atoms with E-state index >= 15 is 0 Å². The van der Waals surface area contributed by atoms with Crippen LogP contribution in [0, 0.1) is 5.92 Å². The lowest BCUT2D eigenvalue weighted by Crippen LogP contribution is -2.51. The molecule has 1 heterocycles. The Hall–Kier alpha value is -1.40. The summed E-state index contributed by atoms with van der Waals surface area (Å²) in [5.74, 6) is -4.93. The number of carbonyl (C=O) groups excluding carboxylic acids is 2. The second-order valence-corrected chi connectivity index (χ2v) is 5.91. The smallest absolute Gasteiger partial charge is 0.410 e. The fraction of sp³-hybridized carbons (Fsp3) is 0.846. The van der Waals surface area contributed by atoms with Crippen LogP contribution < -0.4 is 0 Å². The molecule has 116 valence electrons. The van der Waals surface area contributed by atoms with Crippen molar-refractivity contribution in [3.05, 3.63) is 0 Å². The summed E-state index contributed by atoms with van der Waals surface area (Å²) in [6.45, 7) is 4.82. The summed E-state index contributed by atoms with van der Waals surface area (Å²) in [4.78, 5) is 24.3. The summed E-state index contributed by atoms with van der Waals surface area (Å²) in [6, 6.07) is 0. The average Bonchev–Trinajstić information content (AvgIpc) is 2.29. The molecule has 5 nitrogen and oxygen atoms in total. The number of methoxy groups -OCH3 is 1. The van der Waals surface area contributed by atoms with Gasteiger partial charge in [0.15, 0.2) is 0 Å². The Morgan fingerprint density at radius 2 is 1.95 bits per heavy atom. The van der Waals surface area contributed by atoms with Crippen LogP contribution >= 0.6 is 0 Å². The Morgan fingerprint density at radius 1 is 1.35 bits per heavy atom. The molecule has 1 aliphatic rings. The van der Waals surface area contributed by atoms with E-state index in [1.165, 1.54) is 4.90 Å². The zero-order valence-corrected chi connectivity index (χ0v) is 12.2. The number of esters is 1. The van der Waals surface area contributed by atoms with Gasteiger partial charge in [-0.1, -0.05) is 0 Å². The van der Waals surface area contributed by atoms with Crippen molar-refractivity contribution in [1.29, 1.82) is 0 Å². The molecule has 1 atom stereocenters. The number of ether oxygens (including phenoxy) is 2. The zero-order chi connectivity index (χ0) is 15.6. The molecule has 1 fully saturated rings. The summed E-state index contributed by atoms with van der Waals surface area (Å²) in [6.07, 6.45) is -1.53. The number of piperidine rings is 1. The summed E-state index contributed by atoms with van der Waals surface area (Å²) in [5.41, 5.74) is -0.686. The molecule has 0 aliphatic carbocycles. The highest BCUT2D eigenvalue weighted by molar-refractivity contribution is 5.71. The molecule has 0 radical (unpaired) electrons. The van der Waals surface area contributed by atoms with Crippen molar-refractivity contribution in [2.24, 2.45) is 5.92 Å². The van der Waals surface area contributed by atoms with E-state index < -0.39 is 42.3 Å². The first kappa shape index (κ1) is 16.7. The number of amides is 1. The Morgan fingerprint density at radius 3 is 2.45 bits per heavy atom. The normalized spacial score (nSPS) is 22.3. The fourth-order valence-electron chi connectivity index (χ4n) is 1.97. The summed E-state index contributed by atoms with van der Waals surface area (Å²) in [5, 5.41) is 0. The van der Waals surface area contributed by atoms with E-state index in [1.807, 2.05) is 0 Å². The van der Waals surface area contributed by atoms with Gasteiger partial charge in [-0.3, -0.25) is 4.79 Å². The quantitative estimate of drug-likeness (QED) is 0.734. The molecule has 1 rings (SSSR count). The predicted octanol–water partition coefficient (Wildman–Crippen LogP) is 2.44. The Kier molecular flexibility index (Phi) is 4.94. The van der Waals surface area contributed by atoms with E-state index in [1.54, 1.807) is 20.8 Å². The van der Waals surface area contributed by atoms with Gasteiger partial charge in [0.25, 0.3) is 5.92 Å². The van der Waals surface area contributed by atoms with Crippen molar-refractivity contribution >= 4 is 12.1 Å². The Labute approximate surface area is 117 Å². The van der Waals surface area contributed by atoms with E-state index in [2.05, 4.69) is 4.74 Å². The van der Waals surface area contributed by atoms with Gasteiger partial charge in [0.1, 0.15) is 5.60 Å². The van der Waals surface area contributed by atoms with E-state index in [0.29, 0.717) is 0 Å². The van der Waals surface area contributed by atoms with Gasteiger partial charge in [-0.05, 0) is 20.8 Å². The van der Waals surface area contributed by atoms with Crippen molar-refractivity contribution in [2.75, 3.05) is 20.2 Å². The Balaban J connectivity index is 2.70. The third-order valence-corrected chi connectivity index (χ3v) is 3.05. The maximum atomic E-state index is 13.8. The standard InChI is InChI=1S/C13H21F2NO4/c1-12(2,3)20-11(18)16-6-5-13(14,15)9(8-16)7-10(17)19-4/h9H,5-8H2,1-4H3. The molecule has 1 unspecified atom stereocenters. The number of likely N-dealkylation sites (tertiary alicyclic amines) is 1. The summed E-state index contributed by atoms with van der Waals surface area (Å²) < 4.78 is 37.1. The number of carbonyl (C=O) groups is 2. The number of halogens is 2. The van der Waals surface area contributed by atoms with Crippen molar-refractivity contribution in [3.8, 4) is 0 Å². The van der Waals surface area contributed by atoms with Crippen LogP contribution in [-0.2, 0) is 14.3 Å². The minimum Gasteiger partial charge on any atom is -0.469 e. The van der Waals surface area contributed by atoms with Gasteiger partial charge in [-0.2, -0.15) is 0 Å². The van der Waals surface area contributed by atoms with Crippen LogP contribution in [0.2, 0.25) is 0 Å². The van der Waals surface area contributed by atoms with Crippen LogP contribution in [0.15, 0.2) is 0 Å². The topological polar surface area (TPSA) is 55.8 Å². The second kappa shape index (κ2) is 5.93. The minimum absolute atomic E-state index is 0.0837. The molecule has 0 bridgehead atoms. The highest BCUT2D eigenvalue weighted by Crippen LogP contribution is 2.36. The zero-order valence-electron chi connectivity index (χ0n) is 12.2. The molecule has 1 aliphatic heterocycles. The van der Waals surface area contributed by atoms with E-state index in [-0.39, 0.29) is 13.1 Å². The maximum absolute atomic E-state index is 13.8. The maximum Gasteiger partial charge on any atom is 0.410 e. The van der Waals surface area contributed by atoms with Crippen LogP contribution in [0.1, 0.15) is 33.6 Å². The minimum atomic E-state index is -2.98. The number of alkyl halides is 2. The molecular formula is C13H21F2NO4. The second-order valence-electron chi connectivity index (χ2n) is 5.91.